The van der Waals surface area contributed by atoms with E-state index in [0.29, 0.717) is 0 Å². The Morgan fingerprint density at radius 1 is 1.40 bits per heavy atom. The second-order valence-corrected chi connectivity index (χ2v) is 4.54. The fraction of sp³-hybridized carbons (Fsp3) is 0.300. The molecule has 0 heterocycles. The average Bonchev–Trinajstić information content (AvgIpc) is 2.29. The van der Waals surface area contributed by atoms with Crippen LogP contribution >= 0.6 is 15.9 Å². The Hall–Kier alpha value is -1.68. The molecule has 1 aromatic rings. The summed E-state index contributed by atoms with van der Waals surface area (Å²) in [6, 6.07) is 3.85. The van der Waals surface area contributed by atoms with Gasteiger partial charge in [0.25, 0.3) is 5.69 Å². The molecule has 0 aliphatic heterocycles. The molecule has 0 atom stereocenters. The molecule has 20 heavy (non-hydrogen) atoms. The average molecular weight is 356 g/mol. The fourth-order valence-electron chi connectivity index (χ4n) is 1.25. The normalized spacial score (nSPS) is 11.2. The summed E-state index contributed by atoms with van der Waals surface area (Å²) >= 11 is 2.97. The zero-order chi connectivity index (χ0) is 15.3. The van der Waals surface area contributed by atoms with E-state index in [2.05, 4.69) is 21.2 Å². The standard InChI is InChI=1S/C10H9BrF3N3O3/c11-7-2-1-6(3-8(7)17(19)20)16-9(18)4-15-5-10(12,13)14/h1-3,15H,4-5H2,(H,16,18). The molecule has 0 saturated heterocycles. The van der Waals surface area contributed by atoms with Crippen LogP contribution in [0.3, 0.4) is 0 Å². The van der Waals surface area contributed by atoms with Crippen LogP contribution in [-0.2, 0) is 4.79 Å². The van der Waals surface area contributed by atoms with Crippen molar-refractivity contribution in [3.63, 3.8) is 0 Å². The molecule has 6 nitrogen and oxygen atoms in total. The van der Waals surface area contributed by atoms with Crippen LogP contribution in [0, 0.1) is 10.1 Å². The van der Waals surface area contributed by atoms with Gasteiger partial charge in [-0.3, -0.25) is 14.9 Å². The second kappa shape index (κ2) is 6.66. The molecule has 2 N–H and O–H groups in total. The number of amides is 1. The monoisotopic (exact) mass is 355 g/mol. The lowest BCUT2D eigenvalue weighted by Gasteiger charge is -2.09. The van der Waals surface area contributed by atoms with E-state index >= 15 is 0 Å². The molecule has 0 bridgehead atoms. The van der Waals surface area contributed by atoms with Gasteiger partial charge in [-0.1, -0.05) is 0 Å². The van der Waals surface area contributed by atoms with Crippen molar-refractivity contribution >= 4 is 33.2 Å². The lowest BCUT2D eigenvalue weighted by molar-refractivity contribution is -0.385. The maximum Gasteiger partial charge on any atom is 0.401 e. The highest BCUT2D eigenvalue weighted by Crippen LogP contribution is 2.27. The largest absolute Gasteiger partial charge is 0.401 e. The molecule has 1 aromatic carbocycles. The van der Waals surface area contributed by atoms with E-state index in [1.165, 1.54) is 12.1 Å². The van der Waals surface area contributed by atoms with Gasteiger partial charge in [0.15, 0.2) is 0 Å². The predicted octanol–water partition coefficient (Wildman–Crippen LogP) is 2.45. The third kappa shape index (κ3) is 5.53. The van der Waals surface area contributed by atoms with E-state index in [9.17, 15) is 28.1 Å². The van der Waals surface area contributed by atoms with E-state index in [1.807, 2.05) is 5.32 Å². The number of carbonyl (C=O) groups is 1. The SMILES string of the molecule is O=C(CNCC(F)(F)F)Nc1ccc(Br)c([N+](=O)[O-])c1. The summed E-state index contributed by atoms with van der Waals surface area (Å²) in [6.45, 7) is -1.84. The minimum Gasteiger partial charge on any atom is -0.325 e. The van der Waals surface area contributed by atoms with Gasteiger partial charge in [-0.25, -0.2) is 0 Å². The molecule has 0 aliphatic rings. The third-order valence-electron chi connectivity index (χ3n) is 2.04. The van der Waals surface area contributed by atoms with E-state index in [1.54, 1.807) is 0 Å². The summed E-state index contributed by atoms with van der Waals surface area (Å²) in [7, 11) is 0. The highest BCUT2D eigenvalue weighted by atomic mass is 79.9. The first-order chi connectivity index (χ1) is 9.19. The Balaban J connectivity index is 2.58. The third-order valence-corrected chi connectivity index (χ3v) is 2.71. The van der Waals surface area contributed by atoms with Crippen molar-refractivity contribution in [3.05, 3.63) is 32.8 Å². The Kier molecular flexibility index (Phi) is 5.45. The predicted molar refractivity (Wildman–Crippen MR) is 68.4 cm³/mol. The van der Waals surface area contributed by atoms with E-state index in [4.69, 9.17) is 0 Å². The Bertz CT molecular complexity index is 522. The van der Waals surface area contributed by atoms with Crippen molar-refractivity contribution in [2.24, 2.45) is 0 Å². The summed E-state index contributed by atoms with van der Waals surface area (Å²) in [5.41, 5.74) is -0.134. The number of nitro groups is 1. The number of hydrogen-bond donors (Lipinski definition) is 2. The van der Waals surface area contributed by atoms with E-state index in [-0.39, 0.29) is 15.8 Å². The van der Waals surface area contributed by atoms with Gasteiger partial charge in [-0.2, -0.15) is 13.2 Å². The van der Waals surface area contributed by atoms with Crippen LogP contribution in [0.5, 0.6) is 0 Å². The van der Waals surface area contributed by atoms with Crippen LogP contribution in [0.2, 0.25) is 0 Å². The number of anilines is 1. The molecular weight excluding hydrogens is 347 g/mol. The Morgan fingerprint density at radius 2 is 2.05 bits per heavy atom. The summed E-state index contributed by atoms with van der Waals surface area (Å²) in [6.07, 6.45) is -4.41. The van der Waals surface area contributed by atoms with Gasteiger partial charge in [-0.15, -0.1) is 0 Å². The fourth-order valence-corrected chi connectivity index (χ4v) is 1.64. The zero-order valence-electron chi connectivity index (χ0n) is 9.83. The van der Waals surface area contributed by atoms with Crippen molar-refractivity contribution in [2.75, 3.05) is 18.4 Å². The van der Waals surface area contributed by atoms with Crippen molar-refractivity contribution in [3.8, 4) is 0 Å². The molecule has 1 rings (SSSR count). The number of carbonyl (C=O) groups excluding carboxylic acids is 1. The quantitative estimate of drug-likeness (QED) is 0.627. The van der Waals surface area contributed by atoms with Gasteiger partial charge >= 0.3 is 6.18 Å². The van der Waals surface area contributed by atoms with Crippen LogP contribution in [0.15, 0.2) is 22.7 Å². The Morgan fingerprint density at radius 3 is 2.60 bits per heavy atom. The minimum atomic E-state index is -4.41. The van der Waals surface area contributed by atoms with Crippen LogP contribution in [0.1, 0.15) is 0 Å². The first-order valence-electron chi connectivity index (χ1n) is 5.20. The molecule has 0 radical (unpaired) electrons. The molecule has 0 saturated carbocycles. The zero-order valence-corrected chi connectivity index (χ0v) is 11.4. The molecular formula is C10H9BrF3N3O3. The van der Waals surface area contributed by atoms with Gasteiger partial charge in [0.05, 0.1) is 22.5 Å². The van der Waals surface area contributed by atoms with Crippen molar-refractivity contribution in [2.45, 2.75) is 6.18 Å². The molecule has 0 aliphatic carbocycles. The van der Waals surface area contributed by atoms with E-state index < -0.39 is 30.1 Å². The maximum absolute atomic E-state index is 11.8. The van der Waals surface area contributed by atoms with Crippen LogP contribution in [0.25, 0.3) is 0 Å². The number of halogens is 4. The molecule has 110 valence electrons. The summed E-state index contributed by atoms with van der Waals surface area (Å²) in [4.78, 5) is 21.4. The minimum absolute atomic E-state index is 0.124. The number of nitro benzene ring substituents is 1. The first kappa shape index (κ1) is 16.4. The number of hydrogen-bond acceptors (Lipinski definition) is 4. The van der Waals surface area contributed by atoms with Crippen LogP contribution in [-0.4, -0.2) is 30.1 Å². The molecule has 0 fully saturated rings. The van der Waals surface area contributed by atoms with Crippen molar-refractivity contribution in [1.82, 2.24) is 5.32 Å². The lowest BCUT2D eigenvalue weighted by atomic mass is 10.3. The maximum atomic E-state index is 11.8. The second-order valence-electron chi connectivity index (χ2n) is 3.69. The van der Waals surface area contributed by atoms with Gasteiger partial charge in [0.1, 0.15) is 0 Å². The molecule has 0 aromatic heterocycles. The van der Waals surface area contributed by atoms with Gasteiger partial charge < -0.3 is 10.6 Å². The topological polar surface area (TPSA) is 84.3 Å². The smallest absolute Gasteiger partial charge is 0.325 e. The summed E-state index contributed by atoms with van der Waals surface area (Å²) < 4.78 is 35.8. The van der Waals surface area contributed by atoms with Crippen molar-refractivity contribution < 1.29 is 22.9 Å². The van der Waals surface area contributed by atoms with Gasteiger partial charge in [0.2, 0.25) is 5.91 Å². The number of benzene rings is 1. The summed E-state index contributed by atoms with van der Waals surface area (Å²) in [5, 5.41) is 14.8. The number of nitrogens with one attached hydrogen (secondary N) is 2. The molecule has 1 amide bonds. The van der Waals surface area contributed by atoms with E-state index in [0.717, 1.165) is 6.07 Å². The first-order valence-corrected chi connectivity index (χ1v) is 5.99. The molecule has 0 unspecified atom stereocenters. The van der Waals surface area contributed by atoms with Gasteiger partial charge in [0, 0.05) is 11.8 Å². The number of rotatable bonds is 5. The lowest BCUT2D eigenvalue weighted by Crippen LogP contribution is -2.35. The van der Waals surface area contributed by atoms with Gasteiger partial charge in [-0.05, 0) is 28.1 Å². The highest BCUT2D eigenvalue weighted by Gasteiger charge is 2.26. The van der Waals surface area contributed by atoms with Crippen LogP contribution < -0.4 is 10.6 Å². The Labute approximate surface area is 119 Å². The summed E-state index contributed by atoms with van der Waals surface area (Å²) in [5.74, 6) is -0.731. The highest BCUT2D eigenvalue weighted by molar-refractivity contribution is 9.10. The van der Waals surface area contributed by atoms with Crippen LogP contribution in [0.4, 0.5) is 24.5 Å². The molecule has 0 spiro atoms. The van der Waals surface area contributed by atoms with Crippen molar-refractivity contribution in [1.29, 1.82) is 0 Å². The molecule has 10 heteroatoms. The number of nitrogens with zero attached hydrogens (tertiary/aromatic N) is 1. The number of alkyl halides is 3.